The first kappa shape index (κ1) is 12.5. The second-order valence-electron chi connectivity index (χ2n) is 5.26. The van der Waals surface area contributed by atoms with E-state index in [4.69, 9.17) is 17.3 Å². The summed E-state index contributed by atoms with van der Waals surface area (Å²) in [6.45, 7) is 0. The average Bonchev–Trinajstić information content (AvgIpc) is 3.01. The van der Waals surface area contributed by atoms with Crippen molar-refractivity contribution in [3.63, 3.8) is 0 Å². The van der Waals surface area contributed by atoms with Crippen molar-refractivity contribution < 1.29 is 0 Å². The van der Waals surface area contributed by atoms with E-state index in [0.29, 0.717) is 5.92 Å². The number of hydrogen-bond donors (Lipinski definition) is 1. The van der Waals surface area contributed by atoms with Crippen LogP contribution in [-0.4, -0.2) is 9.78 Å². The van der Waals surface area contributed by atoms with Crippen molar-refractivity contribution in [2.45, 2.75) is 31.6 Å². The summed E-state index contributed by atoms with van der Waals surface area (Å²) in [4.78, 5) is 0. The molecular weight excluding hydrogens is 258 g/mol. The van der Waals surface area contributed by atoms with E-state index in [1.807, 2.05) is 31.3 Å². The van der Waals surface area contributed by atoms with Gasteiger partial charge in [0.25, 0.3) is 0 Å². The Morgan fingerprint density at radius 1 is 1.21 bits per heavy atom. The molecule has 1 aliphatic rings. The van der Waals surface area contributed by atoms with E-state index < -0.39 is 0 Å². The number of anilines is 1. The quantitative estimate of drug-likeness (QED) is 0.901. The van der Waals surface area contributed by atoms with Gasteiger partial charge >= 0.3 is 0 Å². The van der Waals surface area contributed by atoms with E-state index >= 15 is 0 Å². The normalized spacial score (nSPS) is 16.1. The molecule has 1 heterocycles. The molecule has 3 nitrogen and oxygen atoms in total. The molecule has 100 valence electrons. The van der Waals surface area contributed by atoms with Gasteiger partial charge in [0.15, 0.2) is 0 Å². The number of hydrogen-bond acceptors (Lipinski definition) is 2. The largest absolute Gasteiger partial charge is 0.383 e. The molecule has 1 saturated carbocycles. The number of aromatic nitrogens is 2. The zero-order valence-corrected chi connectivity index (χ0v) is 11.8. The maximum absolute atomic E-state index is 6.21. The molecule has 0 aliphatic heterocycles. The van der Waals surface area contributed by atoms with E-state index in [-0.39, 0.29) is 0 Å². The summed E-state index contributed by atoms with van der Waals surface area (Å²) in [5.74, 6) is 1.29. The van der Waals surface area contributed by atoms with E-state index in [0.717, 1.165) is 27.7 Å². The highest BCUT2D eigenvalue weighted by molar-refractivity contribution is 6.30. The van der Waals surface area contributed by atoms with Gasteiger partial charge in [-0.15, -0.1) is 0 Å². The molecule has 4 heteroatoms. The van der Waals surface area contributed by atoms with Crippen LogP contribution < -0.4 is 5.73 Å². The van der Waals surface area contributed by atoms with Gasteiger partial charge in [0.05, 0.1) is 5.69 Å². The Labute approximate surface area is 118 Å². The van der Waals surface area contributed by atoms with Gasteiger partial charge in [-0.3, -0.25) is 4.68 Å². The molecule has 0 atom stereocenters. The number of nitrogens with two attached hydrogens (primary N) is 1. The smallest absolute Gasteiger partial charge is 0.129 e. The van der Waals surface area contributed by atoms with Crippen LogP contribution in [0.2, 0.25) is 5.02 Å². The first-order valence-corrected chi connectivity index (χ1v) is 7.13. The van der Waals surface area contributed by atoms with Crippen molar-refractivity contribution in [2.75, 3.05) is 5.73 Å². The number of aryl methyl sites for hydroxylation is 1. The standard InChI is InChI=1S/C15H18ClN3/c1-19-15(17)13(10-6-8-12(16)9-7-10)14(18-19)11-4-2-3-5-11/h6-9,11H,2-5,17H2,1H3. The monoisotopic (exact) mass is 275 g/mol. The van der Waals surface area contributed by atoms with Crippen LogP contribution in [0, 0.1) is 0 Å². The van der Waals surface area contributed by atoms with Crippen LogP contribution in [0.1, 0.15) is 37.3 Å². The number of benzene rings is 1. The van der Waals surface area contributed by atoms with Crippen LogP contribution >= 0.6 is 11.6 Å². The van der Waals surface area contributed by atoms with Crippen LogP contribution in [-0.2, 0) is 7.05 Å². The van der Waals surface area contributed by atoms with E-state index in [1.165, 1.54) is 25.7 Å². The van der Waals surface area contributed by atoms with Gasteiger partial charge in [-0.1, -0.05) is 36.6 Å². The molecule has 1 aliphatic carbocycles. The number of nitrogen functional groups attached to an aromatic ring is 1. The summed E-state index contributed by atoms with van der Waals surface area (Å²) in [5.41, 5.74) is 9.56. The molecule has 0 amide bonds. The minimum atomic E-state index is 0.550. The Hall–Kier alpha value is -1.48. The molecule has 1 aromatic carbocycles. The molecule has 0 radical (unpaired) electrons. The SMILES string of the molecule is Cn1nc(C2CCCC2)c(-c2ccc(Cl)cc2)c1N. The van der Waals surface area contributed by atoms with Gasteiger partial charge in [0, 0.05) is 23.6 Å². The molecule has 0 bridgehead atoms. The molecule has 19 heavy (non-hydrogen) atoms. The van der Waals surface area contributed by atoms with Crippen LogP contribution in [0.25, 0.3) is 11.1 Å². The molecule has 2 N–H and O–H groups in total. The molecule has 1 fully saturated rings. The van der Waals surface area contributed by atoms with Gasteiger partial charge in [-0.2, -0.15) is 5.10 Å². The fraction of sp³-hybridized carbons (Fsp3) is 0.400. The highest BCUT2D eigenvalue weighted by Gasteiger charge is 2.25. The predicted molar refractivity (Wildman–Crippen MR) is 79.3 cm³/mol. The second kappa shape index (κ2) is 4.89. The summed E-state index contributed by atoms with van der Waals surface area (Å²) in [6.07, 6.45) is 5.02. The predicted octanol–water partition coefficient (Wildman–Crippen LogP) is 3.98. The zero-order chi connectivity index (χ0) is 13.4. The van der Waals surface area contributed by atoms with Crippen LogP contribution in [0.15, 0.2) is 24.3 Å². The first-order valence-electron chi connectivity index (χ1n) is 6.75. The Kier molecular flexibility index (Phi) is 3.23. The van der Waals surface area contributed by atoms with Crippen molar-refractivity contribution >= 4 is 17.4 Å². The van der Waals surface area contributed by atoms with Crippen molar-refractivity contribution in [1.29, 1.82) is 0 Å². The molecule has 0 unspecified atom stereocenters. The fourth-order valence-electron chi connectivity index (χ4n) is 2.96. The van der Waals surface area contributed by atoms with Crippen LogP contribution in [0.4, 0.5) is 5.82 Å². The molecule has 2 aromatic rings. The Morgan fingerprint density at radius 3 is 2.47 bits per heavy atom. The summed E-state index contributed by atoms with van der Waals surface area (Å²) in [6, 6.07) is 7.85. The van der Waals surface area contributed by atoms with Gasteiger partial charge in [-0.25, -0.2) is 0 Å². The molecular formula is C15H18ClN3. The molecule has 1 aromatic heterocycles. The third-order valence-electron chi connectivity index (χ3n) is 3.99. The summed E-state index contributed by atoms with van der Waals surface area (Å²) in [5, 5.41) is 5.39. The van der Waals surface area contributed by atoms with Crippen LogP contribution in [0.5, 0.6) is 0 Å². The summed E-state index contributed by atoms with van der Waals surface area (Å²) >= 11 is 5.96. The second-order valence-corrected chi connectivity index (χ2v) is 5.69. The minimum Gasteiger partial charge on any atom is -0.383 e. The number of halogens is 1. The zero-order valence-electron chi connectivity index (χ0n) is 11.1. The highest BCUT2D eigenvalue weighted by Crippen LogP contribution is 2.41. The lowest BCUT2D eigenvalue weighted by atomic mass is 9.96. The third kappa shape index (κ3) is 2.23. The minimum absolute atomic E-state index is 0.550. The summed E-state index contributed by atoms with van der Waals surface area (Å²) < 4.78 is 1.79. The molecule has 3 rings (SSSR count). The summed E-state index contributed by atoms with van der Waals surface area (Å²) in [7, 11) is 1.91. The number of nitrogens with zero attached hydrogens (tertiary/aromatic N) is 2. The Morgan fingerprint density at radius 2 is 1.84 bits per heavy atom. The Balaban J connectivity index is 2.10. The lowest BCUT2D eigenvalue weighted by Crippen LogP contribution is -1.98. The highest BCUT2D eigenvalue weighted by atomic mass is 35.5. The van der Waals surface area contributed by atoms with Gasteiger partial charge in [-0.05, 0) is 30.5 Å². The average molecular weight is 276 g/mol. The first-order chi connectivity index (χ1) is 9.16. The van der Waals surface area contributed by atoms with E-state index in [1.54, 1.807) is 4.68 Å². The maximum Gasteiger partial charge on any atom is 0.129 e. The van der Waals surface area contributed by atoms with Crippen molar-refractivity contribution in [2.24, 2.45) is 7.05 Å². The van der Waals surface area contributed by atoms with E-state index in [9.17, 15) is 0 Å². The van der Waals surface area contributed by atoms with Crippen molar-refractivity contribution in [3.05, 3.63) is 35.0 Å². The fourth-order valence-corrected chi connectivity index (χ4v) is 3.08. The topological polar surface area (TPSA) is 43.8 Å². The maximum atomic E-state index is 6.21. The third-order valence-corrected chi connectivity index (χ3v) is 4.25. The number of rotatable bonds is 2. The Bertz CT molecular complexity index is 580. The van der Waals surface area contributed by atoms with Crippen molar-refractivity contribution in [3.8, 4) is 11.1 Å². The van der Waals surface area contributed by atoms with Gasteiger partial charge in [0.1, 0.15) is 5.82 Å². The lowest BCUT2D eigenvalue weighted by molar-refractivity contribution is 0.661. The van der Waals surface area contributed by atoms with Crippen molar-refractivity contribution in [1.82, 2.24) is 9.78 Å². The lowest BCUT2D eigenvalue weighted by Gasteiger charge is -2.09. The van der Waals surface area contributed by atoms with Gasteiger partial charge in [0.2, 0.25) is 0 Å². The van der Waals surface area contributed by atoms with E-state index in [2.05, 4.69) is 5.10 Å². The van der Waals surface area contributed by atoms with Gasteiger partial charge < -0.3 is 5.73 Å². The molecule has 0 spiro atoms. The van der Waals surface area contributed by atoms with Crippen LogP contribution in [0.3, 0.4) is 0 Å². The molecule has 0 saturated heterocycles.